The van der Waals surface area contributed by atoms with Crippen molar-refractivity contribution >= 4 is 34.2 Å². The fourth-order valence-corrected chi connectivity index (χ4v) is 4.66. The Kier molecular flexibility index (Phi) is 5.19. The molecule has 0 unspecified atom stereocenters. The van der Waals surface area contributed by atoms with Crippen molar-refractivity contribution in [3.05, 3.63) is 65.7 Å². The number of carbonyl (C=O) groups is 1. The monoisotopic (exact) mass is 417 g/mol. The number of thiazole rings is 1. The van der Waals surface area contributed by atoms with Crippen LogP contribution in [0, 0.1) is 0 Å². The third-order valence-corrected chi connectivity index (χ3v) is 6.37. The van der Waals surface area contributed by atoms with E-state index >= 15 is 0 Å². The fraction of sp³-hybridized carbons (Fsp3) is 0.261. The molecule has 30 heavy (non-hydrogen) atoms. The van der Waals surface area contributed by atoms with Gasteiger partial charge in [-0.3, -0.25) is 4.79 Å². The Morgan fingerprint density at radius 2 is 1.80 bits per heavy atom. The highest BCUT2D eigenvalue weighted by atomic mass is 32.1. The average Bonchev–Trinajstić information content (AvgIpc) is 3.34. The molecular weight excluding hydrogens is 394 g/mol. The lowest BCUT2D eigenvalue weighted by atomic mass is 10.2. The quantitative estimate of drug-likeness (QED) is 0.546. The minimum atomic E-state index is 0.145. The van der Waals surface area contributed by atoms with E-state index in [2.05, 4.69) is 14.9 Å². The molecule has 152 valence electrons. The van der Waals surface area contributed by atoms with Gasteiger partial charge in [0.25, 0.3) is 0 Å². The number of aromatic amines is 1. The van der Waals surface area contributed by atoms with Gasteiger partial charge in [-0.1, -0.05) is 42.5 Å². The summed E-state index contributed by atoms with van der Waals surface area (Å²) in [5, 5.41) is 2.96. The summed E-state index contributed by atoms with van der Waals surface area (Å²) >= 11 is 1.59. The van der Waals surface area contributed by atoms with Crippen LogP contribution in [0.2, 0.25) is 0 Å². The number of nitrogens with one attached hydrogen (secondary N) is 1. The molecule has 6 nitrogen and oxygen atoms in total. The largest absolute Gasteiger partial charge is 0.341 e. The minimum absolute atomic E-state index is 0.145. The first-order valence-corrected chi connectivity index (χ1v) is 11.1. The molecule has 0 radical (unpaired) electrons. The first kappa shape index (κ1) is 18.8. The number of amides is 1. The fourth-order valence-electron chi connectivity index (χ4n) is 3.84. The van der Waals surface area contributed by atoms with Gasteiger partial charge in [-0.05, 0) is 18.6 Å². The Labute approximate surface area is 179 Å². The summed E-state index contributed by atoms with van der Waals surface area (Å²) < 4.78 is 0. The summed E-state index contributed by atoms with van der Waals surface area (Å²) in [6.45, 7) is 3.13. The standard InChI is InChI=1S/C23H23N5OS/c29-21(15-18-16-30-22(24-18)17-7-2-1-3-8-17)27-11-6-12-28(14-13-27)23-25-19-9-4-5-10-20(19)26-23/h1-5,7-10,16H,6,11-15H2,(H,25,26). The first-order chi connectivity index (χ1) is 14.8. The molecule has 0 saturated carbocycles. The van der Waals surface area contributed by atoms with Crippen molar-refractivity contribution in [2.24, 2.45) is 0 Å². The predicted molar refractivity (Wildman–Crippen MR) is 121 cm³/mol. The summed E-state index contributed by atoms with van der Waals surface area (Å²) in [5.41, 5.74) is 3.96. The van der Waals surface area contributed by atoms with Gasteiger partial charge in [0.15, 0.2) is 0 Å². The van der Waals surface area contributed by atoms with E-state index in [-0.39, 0.29) is 5.91 Å². The van der Waals surface area contributed by atoms with E-state index in [0.29, 0.717) is 13.0 Å². The van der Waals surface area contributed by atoms with Gasteiger partial charge < -0.3 is 14.8 Å². The van der Waals surface area contributed by atoms with Crippen LogP contribution in [-0.2, 0) is 11.2 Å². The van der Waals surface area contributed by atoms with E-state index in [0.717, 1.165) is 59.3 Å². The number of nitrogens with zero attached hydrogens (tertiary/aromatic N) is 4. The van der Waals surface area contributed by atoms with Crippen molar-refractivity contribution in [3.63, 3.8) is 0 Å². The van der Waals surface area contributed by atoms with Gasteiger partial charge in [0.05, 0.1) is 23.1 Å². The van der Waals surface area contributed by atoms with Crippen LogP contribution in [0.25, 0.3) is 21.6 Å². The number of imidazole rings is 1. The Morgan fingerprint density at radius 1 is 0.967 bits per heavy atom. The lowest BCUT2D eigenvalue weighted by Crippen LogP contribution is -2.36. The molecule has 1 N–H and O–H groups in total. The number of rotatable bonds is 4. The summed E-state index contributed by atoms with van der Waals surface area (Å²) in [6, 6.07) is 18.2. The highest BCUT2D eigenvalue weighted by Crippen LogP contribution is 2.24. The Morgan fingerprint density at radius 3 is 2.67 bits per heavy atom. The number of H-pyrrole nitrogens is 1. The Balaban J connectivity index is 1.22. The number of carbonyl (C=O) groups excluding carboxylic acids is 1. The lowest BCUT2D eigenvalue weighted by Gasteiger charge is -2.21. The van der Waals surface area contributed by atoms with Crippen molar-refractivity contribution in [1.82, 2.24) is 19.9 Å². The molecule has 1 saturated heterocycles. The summed E-state index contributed by atoms with van der Waals surface area (Å²) in [5.74, 6) is 1.03. The number of hydrogen-bond donors (Lipinski definition) is 1. The van der Waals surface area contributed by atoms with Crippen molar-refractivity contribution in [2.45, 2.75) is 12.8 Å². The number of aromatic nitrogens is 3. The molecule has 4 aromatic rings. The maximum absolute atomic E-state index is 12.9. The summed E-state index contributed by atoms with van der Waals surface area (Å²) in [7, 11) is 0. The van der Waals surface area contributed by atoms with Crippen molar-refractivity contribution in [2.75, 3.05) is 31.1 Å². The maximum Gasteiger partial charge on any atom is 0.228 e. The number of anilines is 1. The molecule has 3 heterocycles. The summed E-state index contributed by atoms with van der Waals surface area (Å²) in [6.07, 6.45) is 1.28. The van der Waals surface area contributed by atoms with Gasteiger partial charge in [0, 0.05) is 37.1 Å². The van der Waals surface area contributed by atoms with Gasteiger partial charge in [-0.25, -0.2) is 9.97 Å². The van der Waals surface area contributed by atoms with Crippen molar-refractivity contribution in [3.8, 4) is 10.6 Å². The van der Waals surface area contributed by atoms with Crippen LogP contribution < -0.4 is 4.90 Å². The molecule has 0 spiro atoms. The van der Waals surface area contributed by atoms with Gasteiger partial charge in [-0.15, -0.1) is 11.3 Å². The molecule has 0 atom stereocenters. The second-order valence-corrected chi connectivity index (χ2v) is 8.34. The van der Waals surface area contributed by atoms with Crippen molar-refractivity contribution < 1.29 is 4.79 Å². The zero-order chi connectivity index (χ0) is 20.3. The maximum atomic E-state index is 12.9. The number of fused-ring (bicyclic) bond motifs is 1. The first-order valence-electron chi connectivity index (χ1n) is 10.2. The number of para-hydroxylation sites is 2. The second-order valence-electron chi connectivity index (χ2n) is 7.49. The van der Waals surface area contributed by atoms with Crippen LogP contribution >= 0.6 is 11.3 Å². The number of benzene rings is 2. The van der Waals surface area contributed by atoms with E-state index in [1.54, 1.807) is 11.3 Å². The molecular formula is C23H23N5OS. The van der Waals surface area contributed by atoms with E-state index in [1.807, 2.05) is 64.9 Å². The zero-order valence-electron chi connectivity index (χ0n) is 16.6. The van der Waals surface area contributed by atoms with Crippen LogP contribution in [-0.4, -0.2) is 51.9 Å². The van der Waals surface area contributed by atoms with Crippen LogP contribution in [0.3, 0.4) is 0 Å². The number of hydrogen-bond acceptors (Lipinski definition) is 5. The van der Waals surface area contributed by atoms with Gasteiger partial charge in [-0.2, -0.15) is 0 Å². The molecule has 0 aliphatic carbocycles. The van der Waals surface area contributed by atoms with E-state index in [9.17, 15) is 4.79 Å². The Hall–Kier alpha value is -3.19. The van der Waals surface area contributed by atoms with Crippen molar-refractivity contribution in [1.29, 1.82) is 0 Å². The molecule has 5 rings (SSSR count). The van der Waals surface area contributed by atoms with Gasteiger partial charge >= 0.3 is 0 Å². The third kappa shape index (κ3) is 3.93. The Bertz CT molecular complexity index is 1120. The lowest BCUT2D eigenvalue weighted by molar-refractivity contribution is -0.130. The average molecular weight is 418 g/mol. The van der Waals surface area contributed by atoms with Crippen LogP contribution in [0.4, 0.5) is 5.95 Å². The van der Waals surface area contributed by atoms with E-state index in [4.69, 9.17) is 4.98 Å². The van der Waals surface area contributed by atoms with E-state index < -0.39 is 0 Å². The second kappa shape index (κ2) is 8.28. The molecule has 1 aliphatic heterocycles. The highest BCUT2D eigenvalue weighted by Gasteiger charge is 2.22. The predicted octanol–water partition coefficient (Wildman–Crippen LogP) is 3.97. The third-order valence-electron chi connectivity index (χ3n) is 5.43. The molecule has 1 aliphatic rings. The van der Waals surface area contributed by atoms with Crippen LogP contribution in [0.1, 0.15) is 12.1 Å². The minimum Gasteiger partial charge on any atom is -0.341 e. The highest BCUT2D eigenvalue weighted by molar-refractivity contribution is 7.13. The molecule has 2 aromatic heterocycles. The van der Waals surface area contributed by atoms with Gasteiger partial charge in [0.2, 0.25) is 11.9 Å². The van der Waals surface area contributed by atoms with Gasteiger partial charge in [0.1, 0.15) is 5.01 Å². The zero-order valence-corrected chi connectivity index (χ0v) is 17.4. The molecule has 1 fully saturated rings. The normalized spacial score (nSPS) is 14.8. The molecule has 7 heteroatoms. The SMILES string of the molecule is O=C(Cc1csc(-c2ccccc2)n1)N1CCCN(c2nc3ccccc3[nH]2)CC1. The molecule has 2 aromatic carbocycles. The summed E-state index contributed by atoms with van der Waals surface area (Å²) in [4.78, 5) is 29.9. The van der Waals surface area contributed by atoms with Crippen LogP contribution in [0.5, 0.6) is 0 Å². The topological polar surface area (TPSA) is 65.1 Å². The van der Waals surface area contributed by atoms with E-state index in [1.165, 1.54) is 0 Å². The smallest absolute Gasteiger partial charge is 0.228 e. The van der Waals surface area contributed by atoms with Crippen LogP contribution in [0.15, 0.2) is 60.0 Å². The molecule has 1 amide bonds. The molecule has 0 bridgehead atoms.